The van der Waals surface area contributed by atoms with Crippen molar-refractivity contribution in [3.05, 3.63) is 70.4 Å². The molecule has 0 fully saturated rings. The highest BCUT2D eigenvalue weighted by atomic mass is 19.1. The van der Waals surface area contributed by atoms with Crippen molar-refractivity contribution in [1.82, 2.24) is 0 Å². The van der Waals surface area contributed by atoms with E-state index in [4.69, 9.17) is 4.42 Å². The van der Waals surface area contributed by atoms with E-state index < -0.39 is 5.82 Å². The van der Waals surface area contributed by atoms with Crippen LogP contribution in [0.15, 0.2) is 57.7 Å². The summed E-state index contributed by atoms with van der Waals surface area (Å²) < 4.78 is 32.3. The van der Waals surface area contributed by atoms with Gasteiger partial charge in [0, 0.05) is 0 Å². The molecule has 4 aromatic rings. The minimum Gasteiger partial charge on any atom is -0.456 e. The maximum absolute atomic E-state index is 13.4. The first-order valence-corrected chi connectivity index (χ1v) is 6.38. The van der Waals surface area contributed by atoms with Gasteiger partial charge in [0.1, 0.15) is 22.8 Å². The third-order valence-electron chi connectivity index (χ3n) is 3.58. The van der Waals surface area contributed by atoms with Gasteiger partial charge >= 0.3 is 0 Å². The quantitative estimate of drug-likeness (QED) is 0.354. The third-order valence-corrected chi connectivity index (χ3v) is 3.58. The molecule has 0 aliphatic carbocycles. The zero-order chi connectivity index (χ0) is 14.6. The van der Waals surface area contributed by atoms with Crippen molar-refractivity contribution < 1.29 is 13.2 Å². The van der Waals surface area contributed by atoms with Gasteiger partial charge < -0.3 is 4.42 Å². The molecule has 0 saturated carbocycles. The third kappa shape index (κ3) is 1.72. The van der Waals surface area contributed by atoms with Crippen LogP contribution in [0.3, 0.4) is 0 Å². The molecular weight excluding hydrogens is 274 g/mol. The van der Waals surface area contributed by atoms with E-state index in [1.807, 2.05) is 0 Å². The Bertz CT molecular complexity index is 1080. The molecule has 4 rings (SSSR count). The molecular formula is C17H8F2O2. The van der Waals surface area contributed by atoms with Crippen molar-refractivity contribution in [2.45, 2.75) is 0 Å². The van der Waals surface area contributed by atoms with Crippen LogP contribution in [0.5, 0.6) is 0 Å². The molecule has 0 unspecified atom stereocenters. The summed E-state index contributed by atoms with van der Waals surface area (Å²) in [7, 11) is 0. The fraction of sp³-hybridized carbons (Fsp3) is 0. The normalized spacial score (nSPS) is 11.5. The molecule has 0 radical (unpaired) electrons. The second-order valence-corrected chi connectivity index (χ2v) is 4.88. The number of fused-ring (bicyclic) bond motifs is 4. The Morgan fingerprint density at radius 2 is 1.48 bits per heavy atom. The summed E-state index contributed by atoms with van der Waals surface area (Å²) in [6.07, 6.45) is 0. The van der Waals surface area contributed by atoms with E-state index in [0.717, 1.165) is 6.07 Å². The largest absolute Gasteiger partial charge is 0.456 e. The summed E-state index contributed by atoms with van der Waals surface area (Å²) in [5, 5.41) is 1.71. The summed E-state index contributed by atoms with van der Waals surface area (Å²) in [6, 6.07) is 11.3. The summed E-state index contributed by atoms with van der Waals surface area (Å²) in [5.41, 5.74) is 0.413. The van der Waals surface area contributed by atoms with Gasteiger partial charge in [-0.05, 0) is 47.2 Å². The van der Waals surface area contributed by atoms with Crippen LogP contribution in [0.2, 0.25) is 0 Å². The molecule has 1 aromatic heterocycles. The highest BCUT2D eigenvalue weighted by molar-refractivity contribution is 6.08. The predicted octanol–water partition coefficient (Wildman–Crippen LogP) is 4.38. The van der Waals surface area contributed by atoms with Gasteiger partial charge in [0.25, 0.3) is 0 Å². The van der Waals surface area contributed by atoms with Gasteiger partial charge in [-0.1, -0.05) is 12.1 Å². The Balaban J connectivity index is 2.30. The van der Waals surface area contributed by atoms with Crippen molar-refractivity contribution in [2.75, 3.05) is 0 Å². The molecule has 0 amide bonds. The van der Waals surface area contributed by atoms with Crippen molar-refractivity contribution in [1.29, 1.82) is 0 Å². The van der Waals surface area contributed by atoms with Crippen LogP contribution < -0.4 is 5.43 Å². The molecule has 3 aromatic carbocycles. The summed E-state index contributed by atoms with van der Waals surface area (Å²) in [6.45, 7) is 0. The first-order chi connectivity index (χ1) is 10.1. The fourth-order valence-electron chi connectivity index (χ4n) is 2.62. The lowest BCUT2D eigenvalue weighted by Crippen LogP contribution is -2.03. The Morgan fingerprint density at radius 1 is 0.762 bits per heavy atom. The summed E-state index contributed by atoms with van der Waals surface area (Å²) in [4.78, 5) is 12.6. The molecule has 0 saturated heterocycles. The van der Waals surface area contributed by atoms with Gasteiger partial charge in [-0.2, -0.15) is 0 Å². The number of rotatable bonds is 0. The molecule has 4 heteroatoms. The Hall–Kier alpha value is -2.75. The van der Waals surface area contributed by atoms with Crippen molar-refractivity contribution in [3.8, 4) is 0 Å². The second kappa shape index (κ2) is 4.12. The number of hydrogen-bond donors (Lipinski definition) is 0. The Morgan fingerprint density at radius 3 is 2.33 bits per heavy atom. The maximum Gasteiger partial charge on any atom is 0.201 e. The van der Waals surface area contributed by atoms with E-state index >= 15 is 0 Å². The minimum absolute atomic E-state index is 0.180. The average molecular weight is 282 g/mol. The van der Waals surface area contributed by atoms with Crippen LogP contribution in [-0.4, -0.2) is 0 Å². The molecule has 0 aliphatic heterocycles. The zero-order valence-electron chi connectivity index (χ0n) is 10.7. The van der Waals surface area contributed by atoms with Crippen molar-refractivity contribution >= 4 is 32.7 Å². The van der Waals surface area contributed by atoms with Crippen LogP contribution in [0.4, 0.5) is 8.78 Å². The van der Waals surface area contributed by atoms with Crippen molar-refractivity contribution in [2.24, 2.45) is 0 Å². The average Bonchev–Trinajstić information content (AvgIpc) is 2.47. The van der Waals surface area contributed by atoms with Crippen molar-refractivity contribution in [3.63, 3.8) is 0 Å². The highest BCUT2D eigenvalue weighted by Crippen LogP contribution is 2.26. The Kier molecular flexibility index (Phi) is 2.36. The van der Waals surface area contributed by atoms with Gasteiger partial charge in [-0.3, -0.25) is 4.79 Å². The van der Waals surface area contributed by atoms with Gasteiger partial charge in [0.05, 0.1) is 10.8 Å². The van der Waals surface area contributed by atoms with E-state index in [-0.39, 0.29) is 16.6 Å². The zero-order valence-corrected chi connectivity index (χ0v) is 10.7. The van der Waals surface area contributed by atoms with Crippen LogP contribution in [0.1, 0.15) is 0 Å². The molecule has 102 valence electrons. The minimum atomic E-state index is -0.500. The first kappa shape index (κ1) is 12.0. The molecule has 0 aliphatic rings. The number of benzene rings is 3. The number of hydrogen-bond acceptors (Lipinski definition) is 2. The molecule has 21 heavy (non-hydrogen) atoms. The van der Waals surface area contributed by atoms with E-state index in [9.17, 15) is 13.6 Å². The van der Waals surface area contributed by atoms with Gasteiger partial charge in [-0.15, -0.1) is 0 Å². The number of halogens is 2. The van der Waals surface area contributed by atoms with E-state index in [0.29, 0.717) is 27.3 Å². The van der Waals surface area contributed by atoms with E-state index in [1.54, 1.807) is 12.1 Å². The van der Waals surface area contributed by atoms with Crippen LogP contribution in [-0.2, 0) is 0 Å². The molecule has 2 nitrogen and oxygen atoms in total. The molecule has 1 heterocycles. The SMILES string of the molecule is O=c1c2cc(F)ccc2oc2ccc3cc(F)ccc3c12. The molecule has 0 atom stereocenters. The lowest BCUT2D eigenvalue weighted by atomic mass is 10.0. The second-order valence-electron chi connectivity index (χ2n) is 4.88. The molecule has 0 bridgehead atoms. The highest BCUT2D eigenvalue weighted by Gasteiger charge is 2.11. The maximum atomic E-state index is 13.4. The summed E-state index contributed by atoms with van der Waals surface area (Å²) in [5.74, 6) is -0.876. The predicted molar refractivity (Wildman–Crippen MR) is 77.4 cm³/mol. The topological polar surface area (TPSA) is 30.2 Å². The van der Waals surface area contributed by atoms with E-state index in [1.165, 1.54) is 30.3 Å². The Labute approximate surface area is 117 Å². The standard InChI is InChI=1S/C17H8F2O2/c18-10-2-4-12-9(7-10)1-5-15-16(12)17(20)13-8-11(19)3-6-14(13)21-15/h1-8H. The van der Waals surface area contributed by atoms with Crippen LogP contribution >= 0.6 is 0 Å². The monoisotopic (exact) mass is 282 g/mol. The molecule has 0 N–H and O–H groups in total. The lowest BCUT2D eigenvalue weighted by molar-refractivity contribution is 0.623. The fourth-order valence-corrected chi connectivity index (χ4v) is 2.62. The first-order valence-electron chi connectivity index (χ1n) is 6.38. The van der Waals surface area contributed by atoms with Crippen LogP contribution in [0.25, 0.3) is 32.7 Å². The van der Waals surface area contributed by atoms with E-state index in [2.05, 4.69) is 0 Å². The van der Waals surface area contributed by atoms with Gasteiger partial charge in [-0.25, -0.2) is 8.78 Å². The smallest absolute Gasteiger partial charge is 0.201 e. The van der Waals surface area contributed by atoms with Gasteiger partial charge in [0.2, 0.25) is 5.43 Å². The lowest BCUT2D eigenvalue weighted by Gasteiger charge is -2.05. The van der Waals surface area contributed by atoms with Crippen LogP contribution in [0, 0.1) is 11.6 Å². The van der Waals surface area contributed by atoms with Gasteiger partial charge in [0.15, 0.2) is 0 Å². The molecule has 0 spiro atoms. The summed E-state index contributed by atoms with van der Waals surface area (Å²) >= 11 is 0.